The van der Waals surface area contributed by atoms with Crippen LogP contribution in [0.25, 0.3) is 0 Å². The molecule has 2 saturated carbocycles. The van der Waals surface area contributed by atoms with E-state index in [9.17, 15) is 0 Å². The van der Waals surface area contributed by atoms with Gasteiger partial charge in [0, 0.05) is 0 Å². The summed E-state index contributed by atoms with van der Waals surface area (Å²) in [5.41, 5.74) is 2.19. The average Bonchev–Trinajstić information content (AvgIpc) is 2.59. The third-order valence-corrected chi connectivity index (χ3v) is 8.78. The first kappa shape index (κ1) is 21.7. The lowest BCUT2D eigenvalue weighted by atomic mass is 10.0. The Morgan fingerprint density at radius 1 is 0.280 bits per heavy atom. The molecule has 0 nitrogen and oxygen atoms in total. The zero-order valence-corrected chi connectivity index (χ0v) is 18.2. The van der Waals surface area contributed by atoms with Crippen LogP contribution in [0.15, 0.2) is 0 Å². The van der Waals surface area contributed by atoms with Gasteiger partial charge < -0.3 is 0 Å². The van der Waals surface area contributed by atoms with E-state index in [1.165, 1.54) is 124 Å². The van der Waals surface area contributed by atoms with E-state index in [2.05, 4.69) is 0 Å². The molecule has 2 fully saturated rings. The molecule has 0 aliphatic heterocycles. The Bertz CT molecular complexity index is 236. The molecule has 1 heteroatoms. The monoisotopic (exact) mass is 366 g/mol. The highest BCUT2D eigenvalue weighted by Crippen LogP contribution is 2.38. The van der Waals surface area contributed by atoms with Gasteiger partial charge in [0.05, 0.1) is 0 Å². The lowest BCUT2D eigenvalue weighted by Crippen LogP contribution is -2.10. The van der Waals surface area contributed by atoms with E-state index < -0.39 is 0 Å². The van der Waals surface area contributed by atoms with Crippen LogP contribution < -0.4 is 0 Å². The van der Waals surface area contributed by atoms with E-state index in [4.69, 9.17) is 0 Å². The van der Waals surface area contributed by atoms with Crippen molar-refractivity contribution in [2.75, 3.05) is 0 Å². The van der Waals surface area contributed by atoms with Crippen LogP contribution in [-0.2, 0) is 0 Å². The maximum absolute atomic E-state index is 1.56. The lowest BCUT2D eigenvalue weighted by molar-refractivity contribution is 0.496. The van der Waals surface area contributed by atoms with Crippen molar-refractivity contribution in [3.05, 3.63) is 0 Å². The molecule has 0 radical (unpaired) electrons. The van der Waals surface area contributed by atoms with Crippen molar-refractivity contribution in [3.8, 4) is 0 Å². The van der Waals surface area contributed by atoms with Crippen molar-refractivity contribution in [3.63, 3.8) is 0 Å². The number of hydrogen-bond donors (Lipinski definition) is 0. The Kier molecular flexibility index (Phi) is 13.5. The highest BCUT2D eigenvalue weighted by molar-refractivity contribution is 7.39. The minimum Gasteiger partial charge on any atom is -0.116 e. The van der Waals surface area contributed by atoms with Gasteiger partial charge in [0.15, 0.2) is 0 Å². The number of rotatable bonds is 2. The Morgan fingerprint density at radius 3 is 0.720 bits per heavy atom. The molecule has 2 aliphatic rings. The molecule has 0 aromatic carbocycles. The van der Waals surface area contributed by atoms with Crippen LogP contribution in [0.5, 0.6) is 0 Å². The molecule has 0 spiro atoms. The minimum atomic E-state index is 1.09. The highest BCUT2D eigenvalue weighted by atomic mass is 31.1. The molecule has 0 atom stereocenters. The van der Waals surface area contributed by atoms with Crippen LogP contribution in [0.1, 0.15) is 141 Å². The van der Waals surface area contributed by atoms with Crippen molar-refractivity contribution >= 4 is 8.58 Å². The topological polar surface area (TPSA) is 0 Å². The van der Waals surface area contributed by atoms with E-state index in [0.29, 0.717) is 0 Å². The Labute approximate surface area is 161 Å². The molecule has 2 aliphatic carbocycles. The predicted molar refractivity (Wildman–Crippen MR) is 117 cm³/mol. The van der Waals surface area contributed by atoms with Gasteiger partial charge in [-0.1, -0.05) is 116 Å². The highest BCUT2D eigenvalue weighted by Gasteiger charge is 2.17. The SMILES string of the molecule is C1CCCCCC(PC2CCCCCCCCCCC2)CCCCC1. The summed E-state index contributed by atoms with van der Waals surface area (Å²) in [6.45, 7) is 0. The maximum atomic E-state index is 1.56. The van der Waals surface area contributed by atoms with Crippen LogP contribution >= 0.6 is 8.58 Å². The van der Waals surface area contributed by atoms with Crippen molar-refractivity contribution in [2.45, 2.75) is 153 Å². The summed E-state index contributed by atoms with van der Waals surface area (Å²) < 4.78 is 0. The van der Waals surface area contributed by atoms with Crippen LogP contribution in [0.4, 0.5) is 0 Å². The molecule has 0 aromatic rings. The summed E-state index contributed by atoms with van der Waals surface area (Å²) in [6.07, 6.45) is 33.6. The molecule has 0 aromatic heterocycles. The number of hydrogen-bond acceptors (Lipinski definition) is 0. The van der Waals surface area contributed by atoms with Gasteiger partial charge in [-0.2, -0.15) is 0 Å². The van der Waals surface area contributed by atoms with Gasteiger partial charge in [-0.15, -0.1) is 8.58 Å². The van der Waals surface area contributed by atoms with Gasteiger partial charge in [0.25, 0.3) is 0 Å². The van der Waals surface area contributed by atoms with Crippen LogP contribution in [0.2, 0.25) is 0 Å². The quantitative estimate of drug-likeness (QED) is 0.428. The molecular weight excluding hydrogens is 319 g/mol. The maximum Gasteiger partial charge on any atom is -0.0234 e. The predicted octanol–water partition coefficient (Wildman–Crippen LogP) is 9.01. The average molecular weight is 367 g/mol. The first-order valence-corrected chi connectivity index (χ1v) is 13.4. The van der Waals surface area contributed by atoms with E-state index in [-0.39, 0.29) is 0 Å². The smallest absolute Gasteiger partial charge is 0.0234 e. The molecule has 0 heterocycles. The van der Waals surface area contributed by atoms with Crippen LogP contribution in [-0.4, -0.2) is 11.3 Å². The van der Waals surface area contributed by atoms with E-state index in [1.807, 2.05) is 0 Å². The van der Waals surface area contributed by atoms with Gasteiger partial charge >= 0.3 is 0 Å². The standard InChI is InChI=1S/C24H47P/c1-3-7-11-15-19-23(20-16-12-8-4-1)25-24-21-17-13-9-5-2-6-10-14-18-22-24/h23-25H,1-22H2. The van der Waals surface area contributed by atoms with Gasteiger partial charge in [-0.05, 0) is 37.0 Å². The van der Waals surface area contributed by atoms with Crippen LogP contribution in [0.3, 0.4) is 0 Å². The van der Waals surface area contributed by atoms with Crippen molar-refractivity contribution in [1.82, 2.24) is 0 Å². The largest absolute Gasteiger partial charge is 0.116 e. The molecule has 0 saturated heterocycles. The van der Waals surface area contributed by atoms with E-state index in [1.54, 1.807) is 25.7 Å². The van der Waals surface area contributed by atoms with Gasteiger partial charge in [-0.3, -0.25) is 0 Å². The summed E-state index contributed by atoms with van der Waals surface area (Å²) in [6, 6.07) is 0. The fourth-order valence-corrected chi connectivity index (χ4v) is 7.14. The van der Waals surface area contributed by atoms with Crippen molar-refractivity contribution < 1.29 is 0 Å². The second kappa shape index (κ2) is 15.5. The fraction of sp³-hybridized carbons (Fsp3) is 1.00. The molecule has 0 N–H and O–H groups in total. The molecule has 148 valence electrons. The van der Waals surface area contributed by atoms with E-state index >= 15 is 0 Å². The second-order valence-corrected chi connectivity index (χ2v) is 11.0. The van der Waals surface area contributed by atoms with Gasteiger partial charge in [0.2, 0.25) is 0 Å². The summed E-state index contributed by atoms with van der Waals surface area (Å²) in [4.78, 5) is 0. The summed E-state index contributed by atoms with van der Waals surface area (Å²) >= 11 is 0. The molecular formula is C24H47P. The minimum absolute atomic E-state index is 1.09. The molecule has 0 bridgehead atoms. The normalized spacial score (nSPS) is 25.9. The first-order valence-electron chi connectivity index (χ1n) is 12.2. The third kappa shape index (κ3) is 11.7. The van der Waals surface area contributed by atoms with Gasteiger partial charge in [0.1, 0.15) is 0 Å². The second-order valence-electron chi connectivity index (χ2n) is 9.08. The Hall–Kier alpha value is 0.430. The lowest BCUT2D eigenvalue weighted by Gasteiger charge is -2.25. The molecule has 2 rings (SSSR count). The van der Waals surface area contributed by atoms with Crippen LogP contribution in [0, 0.1) is 0 Å². The zero-order valence-electron chi connectivity index (χ0n) is 17.2. The molecule has 0 amide bonds. The summed E-state index contributed by atoms with van der Waals surface area (Å²) in [7, 11) is 1.30. The Balaban J connectivity index is 1.75. The van der Waals surface area contributed by atoms with Gasteiger partial charge in [-0.25, -0.2) is 0 Å². The molecule has 25 heavy (non-hydrogen) atoms. The fourth-order valence-electron chi connectivity index (χ4n) is 4.99. The van der Waals surface area contributed by atoms with Crippen molar-refractivity contribution in [2.24, 2.45) is 0 Å². The summed E-state index contributed by atoms with van der Waals surface area (Å²) in [5.74, 6) is 0. The molecule has 0 unspecified atom stereocenters. The summed E-state index contributed by atoms with van der Waals surface area (Å²) in [5, 5.41) is 0. The van der Waals surface area contributed by atoms with E-state index in [0.717, 1.165) is 11.3 Å². The third-order valence-electron chi connectivity index (χ3n) is 6.68. The first-order chi connectivity index (χ1) is 12.4. The van der Waals surface area contributed by atoms with Crippen molar-refractivity contribution in [1.29, 1.82) is 0 Å². The Morgan fingerprint density at radius 2 is 0.480 bits per heavy atom. The zero-order chi connectivity index (χ0) is 17.4.